The normalized spacial score (nSPS) is 12.5. The molecule has 0 bridgehead atoms. The van der Waals surface area contributed by atoms with Gasteiger partial charge in [-0.1, -0.05) is 49.5 Å². The Bertz CT molecular complexity index is 586. The number of hydrogen-bond acceptors (Lipinski definition) is 1. The molecule has 0 fully saturated rings. The molecular formula is C13H8Br3ClO. The van der Waals surface area contributed by atoms with E-state index < -0.39 is 6.10 Å². The zero-order chi connectivity index (χ0) is 13.3. The molecule has 2 rings (SSSR count). The molecule has 1 atom stereocenters. The average molecular weight is 455 g/mol. The van der Waals surface area contributed by atoms with Crippen molar-refractivity contribution < 1.29 is 5.11 Å². The van der Waals surface area contributed by atoms with Crippen LogP contribution >= 0.6 is 59.4 Å². The lowest BCUT2D eigenvalue weighted by Gasteiger charge is -2.14. The fourth-order valence-corrected chi connectivity index (χ4v) is 2.86. The van der Waals surface area contributed by atoms with E-state index in [2.05, 4.69) is 47.8 Å². The number of aliphatic hydroxyl groups is 1. The molecule has 0 aliphatic rings. The van der Waals surface area contributed by atoms with Crippen molar-refractivity contribution in [3.63, 3.8) is 0 Å². The highest BCUT2D eigenvalue weighted by Crippen LogP contribution is 2.33. The first-order chi connectivity index (χ1) is 8.49. The summed E-state index contributed by atoms with van der Waals surface area (Å²) in [7, 11) is 0. The zero-order valence-electron chi connectivity index (χ0n) is 9.00. The van der Waals surface area contributed by atoms with Crippen LogP contribution in [-0.2, 0) is 0 Å². The van der Waals surface area contributed by atoms with Crippen LogP contribution in [0.5, 0.6) is 0 Å². The minimum absolute atomic E-state index is 0.581. The molecule has 0 aliphatic carbocycles. The molecule has 1 nitrogen and oxygen atoms in total. The van der Waals surface area contributed by atoms with Crippen LogP contribution in [0.2, 0.25) is 5.02 Å². The van der Waals surface area contributed by atoms with Gasteiger partial charge in [-0.3, -0.25) is 0 Å². The minimum Gasteiger partial charge on any atom is -0.384 e. The molecule has 0 aliphatic heterocycles. The third-order valence-electron chi connectivity index (χ3n) is 2.51. The fraction of sp³-hybridized carbons (Fsp3) is 0.0769. The van der Waals surface area contributed by atoms with Crippen LogP contribution in [0.3, 0.4) is 0 Å². The molecule has 0 aromatic heterocycles. The quantitative estimate of drug-likeness (QED) is 0.615. The third kappa shape index (κ3) is 3.17. The molecule has 1 N–H and O–H groups in total. The second kappa shape index (κ2) is 6.06. The van der Waals surface area contributed by atoms with Crippen molar-refractivity contribution in [3.05, 3.63) is 66.0 Å². The summed E-state index contributed by atoms with van der Waals surface area (Å²) in [4.78, 5) is 0. The van der Waals surface area contributed by atoms with Gasteiger partial charge in [0.15, 0.2) is 0 Å². The van der Waals surface area contributed by atoms with Crippen molar-refractivity contribution in [1.82, 2.24) is 0 Å². The van der Waals surface area contributed by atoms with Gasteiger partial charge >= 0.3 is 0 Å². The molecule has 2 aromatic carbocycles. The minimum atomic E-state index is -0.720. The lowest BCUT2D eigenvalue weighted by Crippen LogP contribution is -2.00. The van der Waals surface area contributed by atoms with Gasteiger partial charge in [-0.2, -0.15) is 0 Å². The first-order valence-corrected chi connectivity index (χ1v) is 7.82. The summed E-state index contributed by atoms with van der Waals surface area (Å²) in [5, 5.41) is 11.0. The molecule has 1 unspecified atom stereocenters. The highest BCUT2D eigenvalue weighted by atomic mass is 79.9. The largest absolute Gasteiger partial charge is 0.384 e. The maximum absolute atomic E-state index is 10.4. The predicted molar refractivity (Wildman–Crippen MR) is 85.1 cm³/mol. The SMILES string of the molecule is OC(c1ccc(Br)c(Cl)c1)c1cc(Br)ccc1Br. The Morgan fingerprint density at radius 2 is 1.61 bits per heavy atom. The van der Waals surface area contributed by atoms with E-state index in [-0.39, 0.29) is 0 Å². The van der Waals surface area contributed by atoms with Crippen molar-refractivity contribution in [2.75, 3.05) is 0 Å². The number of aliphatic hydroxyl groups excluding tert-OH is 1. The monoisotopic (exact) mass is 452 g/mol. The molecule has 0 heterocycles. The number of benzene rings is 2. The van der Waals surface area contributed by atoms with E-state index in [0.29, 0.717) is 5.02 Å². The molecule has 94 valence electrons. The Kier molecular flexibility index (Phi) is 4.89. The maximum atomic E-state index is 10.4. The van der Waals surface area contributed by atoms with Crippen molar-refractivity contribution in [2.45, 2.75) is 6.10 Å². The Balaban J connectivity index is 2.44. The Hall–Kier alpha value is 0.130. The summed E-state index contributed by atoms with van der Waals surface area (Å²) in [6, 6.07) is 11.1. The van der Waals surface area contributed by atoms with Crippen molar-refractivity contribution >= 4 is 59.4 Å². The molecule has 2 aromatic rings. The van der Waals surface area contributed by atoms with Gasteiger partial charge in [0.25, 0.3) is 0 Å². The number of rotatable bonds is 2. The van der Waals surface area contributed by atoms with Gasteiger partial charge in [0.2, 0.25) is 0 Å². The molecule has 0 radical (unpaired) electrons. The molecule has 0 spiro atoms. The van der Waals surface area contributed by atoms with Gasteiger partial charge in [-0.05, 0) is 51.8 Å². The average Bonchev–Trinajstić information content (AvgIpc) is 2.35. The Labute approximate surface area is 136 Å². The van der Waals surface area contributed by atoms with Crippen molar-refractivity contribution in [3.8, 4) is 0 Å². The van der Waals surface area contributed by atoms with Gasteiger partial charge in [0, 0.05) is 19.0 Å². The van der Waals surface area contributed by atoms with Gasteiger partial charge < -0.3 is 5.11 Å². The second-order valence-electron chi connectivity index (χ2n) is 3.74. The van der Waals surface area contributed by atoms with Crippen LogP contribution in [-0.4, -0.2) is 5.11 Å². The van der Waals surface area contributed by atoms with Gasteiger partial charge in [-0.25, -0.2) is 0 Å². The smallest absolute Gasteiger partial charge is 0.105 e. The van der Waals surface area contributed by atoms with Crippen LogP contribution in [0.15, 0.2) is 49.8 Å². The van der Waals surface area contributed by atoms with Gasteiger partial charge in [0.05, 0.1) is 5.02 Å². The standard InChI is InChI=1S/C13H8Br3ClO/c14-8-2-4-10(15)9(6-8)13(18)7-1-3-11(16)12(17)5-7/h1-6,13,18H. The van der Waals surface area contributed by atoms with E-state index in [1.54, 1.807) is 6.07 Å². The van der Waals surface area contributed by atoms with E-state index in [9.17, 15) is 5.11 Å². The Morgan fingerprint density at radius 3 is 2.28 bits per heavy atom. The summed E-state index contributed by atoms with van der Waals surface area (Å²) in [5.41, 5.74) is 1.55. The lowest BCUT2D eigenvalue weighted by atomic mass is 10.0. The van der Waals surface area contributed by atoms with Crippen molar-refractivity contribution in [1.29, 1.82) is 0 Å². The molecule has 0 amide bonds. The number of hydrogen-bond donors (Lipinski definition) is 1. The first kappa shape index (κ1) is 14.5. The molecule has 0 saturated carbocycles. The van der Waals surface area contributed by atoms with Crippen LogP contribution in [0.25, 0.3) is 0 Å². The Morgan fingerprint density at radius 1 is 0.944 bits per heavy atom. The fourth-order valence-electron chi connectivity index (χ4n) is 1.59. The summed E-state index contributed by atoms with van der Waals surface area (Å²) >= 11 is 16.2. The second-order valence-corrected chi connectivity index (χ2v) is 6.77. The van der Waals surface area contributed by atoms with Crippen molar-refractivity contribution in [2.24, 2.45) is 0 Å². The molecule has 0 saturated heterocycles. The van der Waals surface area contributed by atoms with Crippen LogP contribution in [0, 0.1) is 0 Å². The van der Waals surface area contributed by atoms with Crippen LogP contribution in [0.4, 0.5) is 0 Å². The van der Waals surface area contributed by atoms with E-state index in [0.717, 1.165) is 24.5 Å². The summed E-state index contributed by atoms with van der Waals surface area (Å²) in [6.45, 7) is 0. The topological polar surface area (TPSA) is 20.2 Å². The van der Waals surface area contributed by atoms with Gasteiger partial charge in [-0.15, -0.1) is 0 Å². The van der Waals surface area contributed by atoms with E-state index in [1.165, 1.54) is 0 Å². The molecule has 5 heteroatoms. The van der Waals surface area contributed by atoms with E-state index >= 15 is 0 Å². The van der Waals surface area contributed by atoms with E-state index in [4.69, 9.17) is 11.6 Å². The summed E-state index contributed by atoms with van der Waals surface area (Å²) in [5.74, 6) is 0. The predicted octanol–water partition coefficient (Wildman–Crippen LogP) is 5.71. The van der Waals surface area contributed by atoms with E-state index in [1.807, 2.05) is 30.3 Å². The first-order valence-electron chi connectivity index (χ1n) is 5.07. The number of halogens is 4. The van der Waals surface area contributed by atoms with Crippen LogP contribution < -0.4 is 0 Å². The molecular weight excluding hydrogens is 447 g/mol. The highest BCUT2D eigenvalue weighted by molar-refractivity contribution is 9.11. The highest BCUT2D eigenvalue weighted by Gasteiger charge is 2.15. The van der Waals surface area contributed by atoms with Gasteiger partial charge in [0.1, 0.15) is 6.10 Å². The third-order valence-corrected chi connectivity index (χ3v) is 4.96. The summed E-state index contributed by atoms with van der Waals surface area (Å²) < 4.78 is 2.59. The lowest BCUT2D eigenvalue weighted by molar-refractivity contribution is 0.219. The summed E-state index contributed by atoms with van der Waals surface area (Å²) in [6.07, 6.45) is -0.720. The van der Waals surface area contributed by atoms with Crippen LogP contribution in [0.1, 0.15) is 17.2 Å². The molecule has 18 heavy (non-hydrogen) atoms. The zero-order valence-corrected chi connectivity index (χ0v) is 14.5. The maximum Gasteiger partial charge on any atom is 0.105 e.